The molecule has 0 radical (unpaired) electrons. The molecule has 160 valence electrons. The molecule has 0 aromatic heterocycles. The van der Waals surface area contributed by atoms with Gasteiger partial charge >= 0.3 is 0 Å². The molecular weight excluding hydrogens is 360 g/mol. The molecule has 1 aromatic carbocycles. The maximum Gasteiger partial charge on any atom is 0.123 e. The van der Waals surface area contributed by atoms with Crippen molar-refractivity contribution >= 4 is 0 Å². The Labute approximate surface area is 175 Å². The van der Waals surface area contributed by atoms with E-state index in [1.54, 1.807) is 0 Å². The standard InChI is InChI=1S/C26H38O3/c1-15(2)21-4-3-16(14-27)8-22(21)25-23(28)9-20(10-24(25)29)26-11-17-5-18(12-26)7-19(6-17)13-26/h9-10,15-19,21-22,27-29H,3-8,11-14H2,1-2H3/t16-,17?,18?,19?,21-,22-,26?/m1/s1. The lowest BCUT2D eigenvalue weighted by Crippen LogP contribution is -2.48. The maximum absolute atomic E-state index is 11.2. The lowest BCUT2D eigenvalue weighted by molar-refractivity contribution is -0.00539. The van der Waals surface area contributed by atoms with Crippen molar-refractivity contribution in [3.63, 3.8) is 0 Å². The molecule has 5 fully saturated rings. The number of rotatable bonds is 4. The molecule has 0 spiro atoms. The van der Waals surface area contributed by atoms with Gasteiger partial charge in [-0.1, -0.05) is 13.8 Å². The Morgan fingerprint density at radius 2 is 1.45 bits per heavy atom. The highest BCUT2D eigenvalue weighted by Crippen LogP contribution is 2.62. The lowest BCUT2D eigenvalue weighted by atomic mass is 9.48. The summed E-state index contributed by atoms with van der Waals surface area (Å²) in [6.07, 6.45) is 10.9. The number of aromatic hydroxyl groups is 2. The van der Waals surface area contributed by atoms with E-state index in [1.807, 2.05) is 12.1 Å². The van der Waals surface area contributed by atoms with E-state index in [9.17, 15) is 15.3 Å². The van der Waals surface area contributed by atoms with E-state index in [0.717, 1.165) is 42.6 Å². The monoisotopic (exact) mass is 398 g/mol. The predicted molar refractivity (Wildman–Crippen MR) is 115 cm³/mol. The van der Waals surface area contributed by atoms with Crippen molar-refractivity contribution in [2.75, 3.05) is 6.61 Å². The van der Waals surface area contributed by atoms with E-state index in [-0.39, 0.29) is 23.9 Å². The summed E-state index contributed by atoms with van der Waals surface area (Å²) in [6, 6.07) is 4.03. The van der Waals surface area contributed by atoms with E-state index >= 15 is 0 Å². The molecule has 0 unspecified atom stereocenters. The van der Waals surface area contributed by atoms with Crippen molar-refractivity contribution in [1.29, 1.82) is 0 Å². The summed E-state index contributed by atoms with van der Waals surface area (Å²) in [5.74, 6) is 4.48. The lowest BCUT2D eigenvalue weighted by Gasteiger charge is -2.57. The third-order valence-corrected chi connectivity index (χ3v) is 9.28. The SMILES string of the molecule is CC(C)[C@H]1CC[C@@H](CO)C[C@H]1c1c(O)cc(C23CC4CC(CC(C4)C2)C3)cc1O. The van der Waals surface area contributed by atoms with Crippen molar-refractivity contribution in [1.82, 2.24) is 0 Å². The fourth-order valence-electron chi connectivity index (χ4n) is 8.35. The van der Waals surface area contributed by atoms with Gasteiger partial charge in [0, 0.05) is 12.2 Å². The quantitative estimate of drug-likeness (QED) is 0.608. The molecule has 3 N–H and O–H groups in total. The van der Waals surface area contributed by atoms with Crippen LogP contribution in [0.15, 0.2) is 12.1 Å². The van der Waals surface area contributed by atoms with Crippen LogP contribution in [0.5, 0.6) is 11.5 Å². The number of aliphatic hydroxyl groups is 1. The second-order valence-electron chi connectivity index (χ2n) is 11.5. The van der Waals surface area contributed by atoms with Crippen LogP contribution in [-0.2, 0) is 5.41 Å². The maximum atomic E-state index is 11.2. The second kappa shape index (κ2) is 7.18. The van der Waals surface area contributed by atoms with Gasteiger partial charge in [0.2, 0.25) is 0 Å². The Hall–Kier alpha value is -1.22. The van der Waals surface area contributed by atoms with Crippen LogP contribution in [0.25, 0.3) is 0 Å². The van der Waals surface area contributed by atoms with Gasteiger partial charge in [-0.05, 0) is 122 Å². The fraction of sp³-hybridized carbons (Fsp3) is 0.769. The first-order valence-corrected chi connectivity index (χ1v) is 12.1. The molecule has 0 aliphatic heterocycles. The van der Waals surface area contributed by atoms with Crippen molar-refractivity contribution in [2.24, 2.45) is 35.5 Å². The average molecular weight is 399 g/mol. The zero-order valence-electron chi connectivity index (χ0n) is 18.1. The fourth-order valence-corrected chi connectivity index (χ4v) is 8.35. The van der Waals surface area contributed by atoms with Crippen LogP contribution in [0.2, 0.25) is 0 Å². The summed E-state index contributed by atoms with van der Waals surface area (Å²) in [7, 11) is 0. The second-order valence-corrected chi connectivity index (χ2v) is 11.5. The molecule has 0 heterocycles. The summed E-state index contributed by atoms with van der Waals surface area (Å²) in [6.45, 7) is 4.69. The molecule has 5 aliphatic carbocycles. The first kappa shape index (κ1) is 19.7. The van der Waals surface area contributed by atoms with Crippen LogP contribution in [0.4, 0.5) is 0 Å². The first-order chi connectivity index (χ1) is 13.9. The summed E-state index contributed by atoms with van der Waals surface area (Å²) >= 11 is 0. The average Bonchev–Trinajstić information content (AvgIpc) is 2.66. The zero-order chi connectivity index (χ0) is 20.3. The summed E-state index contributed by atoms with van der Waals surface area (Å²) < 4.78 is 0. The molecular formula is C26H38O3. The summed E-state index contributed by atoms with van der Waals surface area (Å²) in [5, 5.41) is 32.1. The minimum absolute atomic E-state index is 0.131. The molecule has 1 aromatic rings. The van der Waals surface area contributed by atoms with E-state index in [1.165, 1.54) is 44.1 Å². The summed E-state index contributed by atoms with van der Waals surface area (Å²) in [4.78, 5) is 0. The molecule has 5 saturated carbocycles. The van der Waals surface area contributed by atoms with Crippen LogP contribution in [0, 0.1) is 35.5 Å². The van der Waals surface area contributed by atoms with Crippen molar-refractivity contribution in [2.45, 2.75) is 83.0 Å². The highest BCUT2D eigenvalue weighted by atomic mass is 16.3. The minimum atomic E-state index is 0.131. The third-order valence-electron chi connectivity index (χ3n) is 9.28. The molecule has 0 amide bonds. The Balaban J connectivity index is 1.50. The Morgan fingerprint density at radius 1 is 0.897 bits per heavy atom. The topological polar surface area (TPSA) is 60.7 Å². The number of benzene rings is 1. The number of phenolic OH excluding ortho intramolecular Hbond substituents is 2. The molecule has 5 aliphatic rings. The molecule has 29 heavy (non-hydrogen) atoms. The zero-order valence-corrected chi connectivity index (χ0v) is 18.1. The largest absolute Gasteiger partial charge is 0.508 e. The number of hydrogen-bond acceptors (Lipinski definition) is 3. The van der Waals surface area contributed by atoms with Gasteiger partial charge in [0.25, 0.3) is 0 Å². The number of aliphatic hydroxyl groups excluding tert-OH is 1. The van der Waals surface area contributed by atoms with Gasteiger partial charge < -0.3 is 15.3 Å². The molecule has 0 saturated heterocycles. The molecule has 3 nitrogen and oxygen atoms in total. The van der Waals surface area contributed by atoms with Crippen LogP contribution in [-0.4, -0.2) is 21.9 Å². The van der Waals surface area contributed by atoms with Gasteiger partial charge in [0.15, 0.2) is 0 Å². The van der Waals surface area contributed by atoms with Gasteiger partial charge in [-0.2, -0.15) is 0 Å². The van der Waals surface area contributed by atoms with E-state index in [0.29, 0.717) is 23.3 Å². The van der Waals surface area contributed by atoms with Crippen LogP contribution < -0.4 is 0 Å². The molecule has 3 heteroatoms. The Morgan fingerprint density at radius 3 is 1.93 bits per heavy atom. The first-order valence-electron chi connectivity index (χ1n) is 12.1. The number of phenols is 2. The smallest absolute Gasteiger partial charge is 0.123 e. The highest BCUT2D eigenvalue weighted by molar-refractivity contribution is 5.51. The molecule has 6 rings (SSSR count). The Bertz CT molecular complexity index is 709. The van der Waals surface area contributed by atoms with Crippen LogP contribution in [0.1, 0.15) is 88.7 Å². The van der Waals surface area contributed by atoms with E-state index < -0.39 is 0 Å². The van der Waals surface area contributed by atoms with E-state index in [2.05, 4.69) is 13.8 Å². The van der Waals surface area contributed by atoms with Crippen LogP contribution in [0.3, 0.4) is 0 Å². The molecule has 4 bridgehead atoms. The normalized spacial score (nSPS) is 41.2. The van der Waals surface area contributed by atoms with Gasteiger partial charge in [-0.25, -0.2) is 0 Å². The highest BCUT2D eigenvalue weighted by Gasteiger charge is 2.52. The minimum Gasteiger partial charge on any atom is -0.508 e. The van der Waals surface area contributed by atoms with E-state index in [4.69, 9.17) is 0 Å². The van der Waals surface area contributed by atoms with Gasteiger partial charge in [0.05, 0.1) is 0 Å². The van der Waals surface area contributed by atoms with Gasteiger partial charge in [-0.3, -0.25) is 0 Å². The third kappa shape index (κ3) is 3.28. The van der Waals surface area contributed by atoms with Crippen LogP contribution >= 0.6 is 0 Å². The predicted octanol–water partition coefficient (Wildman–Crippen LogP) is 5.71. The van der Waals surface area contributed by atoms with Gasteiger partial charge in [-0.15, -0.1) is 0 Å². The van der Waals surface area contributed by atoms with Gasteiger partial charge in [0.1, 0.15) is 11.5 Å². The molecule has 3 atom stereocenters. The summed E-state index contributed by atoms with van der Waals surface area (Å²) in [5.41, 5.74) is 2.11. The van der Waals surface area contributed by atoms with Crippen molar-refractivity contribution in [3.05, 3.63) is 23.3 Å². The van der Waals surface area contributed by atoms with Crippen molar-refractivity contribution in [3.8, 4) is 11.5 Å². The Kier molecular flexibility index (Phi) is 4.89. The number of hydrogen-bond donors (Lipinski definition) is 3. The van der Waals surface area contributed by atoms with Crippen molar-refractivity contribution < 1.29 is 15.3 Å².